The van der Waals surface area contributed by atoms with Gasteiger partial charge in [-0.2, -0.15) is 0 Å². The van der Waals surface area contributed by atoms with Crippen molar-refractivity contribution in [2.24, 2.45) is 11.8 Å². The van der Waals surface area contributed by atoms with E-state index in [1.807, 2.05) is 0 Å². The maximum atomic E-state index is 14.1. The summed E-state index contributed by atoms with van der Waals surface area (Å²) in [6.07, 6.45) is 7.98. The average molecular weight is 905 g/mol. The van der Waals surface area contributed by atoms with Crippen LogP contribution >= 0.6 is 0 Å². The Morgan fingerprint density at radius 2 is 1.54 bits per heavy atom. The number of ketones is 1. The standard InChI is InChI=1S/C45H64N10O10/c1-8-16-31(37(57)42(62)48-24-34(56)52-36(43(63)54(6)7)28-19-14-11-15-20-28)50-38(58)29-25-55(44(64)65-45(3,4)5)26-33(29)51-39(59)30(9-2)49-41(61)35(27-17-12-10-13-18-27)53-40(60)32-23-46-21-22-47-32/h11,14-15,19-23,27,29-31,33,35-36H,8-10,12-13,16-18,24-26H2,1-7H3,(H,48,62)(H,49,61)(H,50,58)(H,51,59)(H,52,56)(H,53,60)/t29?,30-,31-,33?,35-,36-/m0/s1. The van der Waals surface area contributed by atoms with Gasteiger partial charge in [0.05, 0.1) is 30.7 Å². The highest BCUT2D eigenvalue weighted by molar-refractivity contribution is 6.38. The summed E-state index contributed by atoms with van der Waals surface area (Å²) in [4.78, 5) is 132. The Bertz CT molecular complexity index is 2010. The molecule has 1 saturated heterocycles. The molecule has 2 aliphatic rings. The van der Waals surface area contributed by atoms with E-state index in [-0.39, 0.29) is 37.5 Å². The van der Waals surface area contributed by atoms with Gasteiger partial charge in [-0.1, -0.05) is 69.9 Å². The van der Waals surface area contributed by atoms with Gasteiger partial charge in [0.2, 0.25) is 35.3 Å². The molecule has 0 bridgehead atoms. The summed E-state index contributed by atoms with van der Waals surface area (Å²) < 4.78 is 5.56. The number of carbonyl (C=O) groups is 9. The lowest BCUT2D eigenvalue weighted by Crippen LogP contribution is -2.58. The second-order valence-corrected chi connectivity index (χ2v) is 17.6. The first-order valence-electron chi connectivity index (χ1n) is 22.2. The number of ether oxygens (including phenoxy) is 1. The number of nitrogens with one attached hydrogen (secondary N) is 6. The Kier molecular flexibility index (Phi) is 18.9. The Hall–Kier alpha value is -6.47. The van der Waals surface area contributed by atoms with Crippen LogP contribution in [0.4, 0.5) is 4.79 Å². The molecule has 2 heterocycles. The average Bonchev–Trinajstić information content (AvgIpc) is 3.71. The number of likely N-dealkylation sites (N-methyl/N-ethyl adjacent to an activating group) is 1. The number of rotatable bonds is 19. The first kappa shape index (κ1) is 51.2. The van der Waals surface area contributed by atoms with Crippen molar-refractivity contribution in [2.75, 3.05) is 33.7 Å². The van der Waals surface area contributed by atoms with Crippen molar-refractivity contribution in [3.05, 3.63) is 60.2 Å². The van der Waals surface area contributed by atoms with Gasteiger partial charge in [-0.25, -0.2) is 9.78 Å². The van der Waals surface area contributed by atoms with Gasteiger partial charge >= 0.3 is 6.09 Å². The Labute approximate surface area is 379 Å². The number of carbonyl (C=O) groups excluding carboxylic acids is 9. The predicted octanol–water partition coefficient (Wildman–Crippen LogP) is 1.32. The molecule has 6 atom stereocenters. The summed E-state index contributed by atoms with van der Waals surface area (Å²) in [7, 11) is 3.07. The van der Waals surface area contributed by atoms with Crippen LogP contribution in [0, 0.1) is 11.8 Å². The van der Waals surface area contributed by atoms with Crippen LogP contribution in [-0.4, -0.2) is 136 Å². The molecule has 1 aromatic carbocycles. The van der Waals surface area contributed by atoms with Crippen LogP contribution in [0.1, 0.15) is 108 Å². The minimum atomic E-state index is -1.34. The smallest absolute Gasteiger partial charge is 0.410 e. The molecule has 0 radical (unpaired) electrons. The molecule has 2 aromatic rings. The molecule has 6 N–H and O–H groups in total. The zero-order chi connectivity index (χ0) is 47.8. The van der Waals surface area contributed by atoms with E-state index in [0.29, 0.717) is 24.8 Å². The van der Waals surface area contributed by atoms with Crippen molar-refractivity contribution in [3.63, 3.8) is 0 Å². The molecule has 20 heteroatoms. The van der Waals surface area contributed by atoms with E-state index in [9.17, 15) is 43.2 Å². The van der Waals surface area contributed by atoms with Crippen molar-refractivity contribution in [3.8, 4) is 0 Å². The maximum Gasteiger partial charge on any atom is 0.410 e. The number of hydrogen-bond donors (Lipinski definition) is 6. The van der Waals surface area contributed by atoms with Crippen LogP contribution in [0.15, 0.2) is 48.9 Å². The summed E-state index contributed by atoms with van der Waals surface area (Å²) >= 11 is 0. The Balaban J connectivity index is 1.47. The first-order valence-corrected chi connectivity index (χ1v) is 22.2. The van der Waals surface area contributed by atoms with Crippen LogP contribution in [0.3, 0.4) is 0 Å². The summed E-state index contributed by atoms with van der Waals surface area (Å²) in [6.45, 7) is 7.43. The van der Waals surface area contributed by atoms with Crippen molar-refractivity contribution in [1.82, 2.24) is 51.7 Å². The SMILES string of the molecule is CCC[C@H](NC(=O)C1CN(C(=O)OC(C)(C)C)CC1NC(=O)[C@H](CC)NC(=O)[C@@H](NC(=O)c1cnccn1)C1CCCCC1)C(=O)C(=O)NCC(=O)N[C@H](C(=O)N(C)C)c1ccccc1. The summed E-state index contributed by atoms with van der Waals surface area (Å²) in [5.74, 6) is -7.22. The monoisotopic (exact) mass is 904 g/mol. The molecule has 2 fully saturated rings. The van der Waals surface area contributed by atoms with Crippen molar-refractivity contribution >= 4 is 53.2 Å². The number of aromatic nitrogens is 2. The maximum absolute atomic E-state index is 14.1. The Morgan fingerprint density at radius 1 is 0.846 bits per heavy atom. The highest BCUT2D eigenvalue weighted by Crippen LogP contribution is 2.27. The van der Waals surface area contributed by atoms with Gasteiger partial charge in [-0.05, 0) is 57.9 Å². The lowest BCUT2D eigenvalue weighted by atomic mass is 9.83. The van der Waals surface area contributed by atoms with E-state index in [1.54, 1.807) is 65.0 Å². The molecule has 65 heavy (non-hydrogen) atoms. The predicted molar refractivity (Wildman–Crippen MR) is 236 cm³/mol. The van der Waals surface area contributed by atoms with Gasteiger partial charge in [0, 0.05) is 39.6 Å². The molecule has 2 unspecified atom stereocenters. The number of Topliss-reactive ketones (excluding diaryl/α,β-unsaturated/α-hetero) is 1. The third kappa shape index (κ3) is 15.1. The van der Waals surface area contributed by atoms with E-state index in [1.165, 1.54) is 42.5 Å². The van der Waals surface area contributed by atoms with Crippen LogP contribution < -0.4 is 31.9 Å². The lowest BCUT2D eigenvalue weighted by Gasteiger charge is -2.31. The molecule has 8 amide bonds. The van der Waals surface area contributed by atoms with Crippen molar-refractivity contribution in [2.45, 2.75) is 122 Å². The largest absolute Gasteiger partial charge is 0.444 e. The molecule has 1 aliphatic heterocycles. The van der Waals surface area contributed by atoms with Gasteiger partial charge < -0.3 is 46.4 Å². The fourth-order valence-electron chi connectivity index (χ4n) is 7.73. The summed E-state index contributed by atoms with van der Waals surface area (Å²) in [5.41, 5.74) is -0.347. The van der Waals surface area contributed by atoms with E-state index < -0.39 is 101 Å². The van der Waals surface area contributed by atoms with Crippen molar-refractivity contribution < 1.29 is 47.9 Å². The third-order valence-corrected chi connectivity index (χ3v) is 11.1. The molecule has 1 saturated carbocycles. The highest BCUT2D eigenvalue weighted by Gasteiger charge is 2.44. The molecule has 0 spiro atoms. The van der Waals surface area contributed by atoms with Gasteiger partial charge in [0.25, 0.3) is 11.8 Å². The van der Waals surface area contributed by atoms with E-state index in [0.717, 1.165) is 19.3 Å². The molecule has 4 rings (SSSR count). The van der Waals surface area contributed by atoms with Crippen LogP contribution in [0.25, 0.3) is 0 Å². The number of likely N-dealkylation sites (tertiary alicyclic amines) is 1. The summed E-state index contributed by atoms with van der Waals surface area (Å²) in [6, 6.07) is 3.00. The zero-order valence-corrected chi connectivity index (χ0v) is 38.3. The quantitative estimate of drug-likeness (QED) is 0.109. The van der Waals surface area contributed by atoms with Crippen molar-refractivity contribution in [1.29, 1.82) is 0 Å². The van der Waals surface area contributed by atoms with E-state index >= 15 is 0 Å². The Morgan fingerprint density at radius 3 is 2.14 bits per heavy atom. The topological polar surface area (TPSA) is 267 Å². The normalized spacial score (nSPS) is 18.1. The number of benzene rings is 1. The van der Waals surface area contributed by atoms with E-state index in [4.69, 9.17) is 4.74 Å². The minimum absolute atomic E-state index is 0.0315. The minimum Gasteiger partial charge on any atom is -0.444 e. The lowest BCUT2D eigenvalue weighted by molar-refractivity contribution is -0.141. The zero-order valence-electron chi connectivity index (χ0n) is 38.3. The first-order chi connectivity index (χ1) is 30.8. The van der Waals surface area contributed by atoms with Crippen LogP contribution in [0.2, 0.25) is 0 Å². The number of amides is 8. The van der Waals surface area contributed by atoms with E-state index in [2.05, 4.69) is 41.9 Å². The van der Waals surface area contributed by atoms with Gasteiger partial charge in [-0.15, -0.1) is 0 Å². The number of hydrogen-bond acceptors (Lipinski definition) is 12. The molecule has 1 aliphatic carbocycles. The highest BCUT2D eigenvalue weighted by atomic mass is 16.6. The van der Waals surface area contributed by atoms with Gasteiger partial charge in [0.1, 0.15) is 29.4 Å². The van der Waals surface area contributed by atoms with Gasteiger partial charge in [-0.3, -0.25) is 43.3 Å². The van der Waals surface area contributed by atoms with Crippen LogP contribution in [0.5, 0.6) is 0 Å². The van der Waals surface area contributed by atoms with Gasteiger partial charge in [0.15, 0.2) is 0 Å². The molecule has 354 valence electrons. The summed E-state index contributed by atoms with van der Waals surface area (Å²) in [5, 5.41) is 15.9. The third-order valence-electron chi connectivity index (χ3n) is 11.1. The van der Waals surface area contributed by atoms with Crippen LogP contribution in [-0.2, 0) is 38.3 Å². The molecule has 1 aromatic heterocycles. The second-order valence-electron chi connectivity index (χ2n) is 17.6. The second kappa shape index (κ2) is 24.0. The molecular weight excluding hydrogens is 841 g/mol. The molecular formula is C45H64N10O10. The fraction of sp³-hybridized carbons (Fsp3) is 0.578. The fourth-order valence-corrected chi connectivity index (χ4v) is 7.73. The number of nitrogens with zero attached hydrogens (tertiary/aromatic N) is 4. The molecule has 20 nitrogen and oxygen atoms in total.